The molecule has 6 heteroatoms. The van der Waals surface area contributed by atoms with Crippen molar-refractivity contribution >= 4 is 6.03 Å². The minimum Gasteiger partial charge on any atom is -0.380 e. The van der Waals surface area contributed by atoms with Gasteiger partial charge in [0.15, 0.2) is 0 Å². The third-order valence-electron chi connectivity index (χ3n) is 3.68. The molecule has 0 aromatic carbocycles. The van der Waals surface area contributed by atoms with Crippen LogP contribution in [0.3, 0.4) is 0 Å². The zero-order valence-corrected chi connectivity index (χ0v) is 11.8. The molecule has 2 aliphatic heterocycles. The second-order valence-electron chi connectivity index (χ2n) is 4.91. The molecule has 0 aliphatic carbocycles. The lowest BCUT2D eigenvalue weighted by molar-refractivity contribution is 0.0352. The summed E-state index contributed by atoms with van der Waals surface area (Å²) in [4.78, 5) is 18.5. The molecule has 110 valence electrons. The van der Waals surface area contributed by atoms with Crippen molar-refractivity contribution in [1.29, 1.82) is 0 Å². The molecule has 2 rings (SSSR count). The Balaban J connectivity index is 1.68. The Kier molecular flexibility index (Phi) is 5.88. The molecular formula is C13H25N3O3. The van der Waals surface area contributed by atoms with E-state index in [2.05, 4.69) is 4.90 Å². The highest BCUT2D eigenvalue weighted by Gasteiger charge is 2.25. The normalized spacial score (nSPS) is 21.7. The van der Waals surface area contributed by atoms with E-state index in [1.54, 1.807) is 0 Å². The molecule has 0 aromatic heterocycles. The first kappa shape index (κ1) is 14.6. The zero-order chi connectivity index (χ0) is 13.5. The summed E-state index contributed by atoms with van der Waals surface area (Å²) in [5.41, 5.74) is 0. The predicted octanol–water partition coefficient (Wildman–Crippen LogP) is 0.0927. The van der Waals surface area contributed by atoms with Gasteiger partial charge in [-0.25, -0.2) is 4.79 Å². The number of amides is 2. The zero-order valence-electron chi connectivity index (χ0n) is 11.8. The van der Waals surface area contributed by atoms with Crippen LogP contribution in [0.5, 0.6) is 0 Å². The highest BCUT2D eigenvalue weighted by atomic mass is 16.5. The van der Waals surface area contributed by atoms with Crippen molar-refractivity contribution in [2.24, 2.45) is 0 Å². The molecule has 6 nitrogen and oxygen atoms in total. The van der Waals surface area contributed by atoms with Gasteiger partial charge in [0.05, 0.1) is 19.8 Å². The fourth-order valence-electron chi connectivity index (χ4n) is 2.46. The van der Waals surface area contributed by atoms with Gasteiger partial charge in [0.25, 0.3) is 0 Å². The van der Waals surface area contributed by atoms with Crippen molar-refractivity contribution < 1.29 is 14.3 Å². The van der Waals surface area contributed by atoms with Gasteiger partial charge in [-0.15, -0.1) is 0 Å². The van der Waals surface area contributed by atoms with E-state index in [0.29, 0.717) is 13.2 Å². The van der Waals surface area contributed by atoms with Gasteiger partial charge in [-0.3, -0.25) is 4.90 Å². The lowest BCUT2D eigenvalue weighted by Crippen LogP contribution is -2.55. The molecule has 2 fully saturated rings. The van der Waals surface area contributed by atoms with E-state index in [1.165, 1.54) is 0 Å². The van der Waals surface area contributed by atoms with Crippen LogP contribution in [0, 0.1) is 0 Å². The number of urea groups is 1. The fourth-order valence-corrected chi connectivity index (χ4v) is 2.46. The minimum atomic E-state index is 0.174. The summed E-state index contributed by atoms with van der Waals surface area (Å²) >= 11 is 0. The van der Waals surface area contributed by atoms with E-state index < -0.39 is 0 Å². The SMILES string of the molecule is CCOCCN1CCN(C(=O)N2CCOCC2)CC1. The third-order valence-corrected chi connectivity index (χ3v) is 3.68. The van der Waals surface area contributed by atoms with Gasteiger partial charge in [-0.05, 0) is 6.92 Å². The van der Waals surface area contributed by atoms with Gasteiger partial charge in [-0.2, -0.15) is 0 Å². The van der Waals surface area contributed by atoms with Gasteiger partial charge >= 0.3 is 6.03 Å². The molecule has 2 amide bonds. The van der Waals surface area contributed by atoms with Crippen LogP contribution >= 0.6 is 0 Å². The highest BCUT2D eigenvalue weighted by molar-refractivity contribution is 5.74. The number of nitrogens with zero attached hydrogens (tertiary/aromatic N) is 3. The number of carbonyl (C=O) groups is 1. The van der Waals surface area contributed by atoms with E-state index in [1.807, 2.05) is 16.7 Å². The van der Waals surface area contributed by atoms with Gasteiger partial charge < -0.3 is 19.3 Å². The summed E-state index contributed by atoms with van der Waals surface area (Å²) in [6.07, 6.45) is 0. The molecule has 0 N–H and O–H groups in total. The van der Waals surface area contributed by atoms with Crippen LogP contribution in [-0.4, -0.2) is 93.0 Å². The maximum Gasteiger partial charge on any atom is 0.320 e. The molecule has 0 aromatic rings. The van der Waals surface area contributed by atoms with Crippen LogP contribution in [0.15, 0.2) is 0 Å². The van der Waals surface area contributed by atoms with E-state index in [9.17, 15) is 4.79 Å². The average Bonchev–Trinajstić information content (AvgIpc) is 2.48. The Morgan fingerprint density at radius 2 is 1.68 bits per heavy atom. The summed E-state index contributed by atoms with van der Waals surface area (Å²) < 4.78 is 10.6. The lowest BCUT2D eigenvalue weighted by atomic mass is 10.3. The first-order valence-electron chi connectivity index (χ1n) is 7.23. The number of carbonyl (C=O) groups excluding carboxylic acids is 1. The van der Waals surface area contributed by atoms with Crippen LogP contribution in [0.1, 0.15) is 6.92 Å². The maximum absolute atomic E-state index is 12.3. The molecule has 0 bridgehead atoms. The van der Waals surface area contributed by atoms with Gasteiger partial charge in [0, 0.05) is 52.4 Å². The summed E-state index contributed by atoms with van der Waals surface area (Å²) in [7, 11) is 0. The molecule has 19 heavy (non-hydrogen) atoms. The molecule has 0 saturated carbocycles. The largest absolute Gasteiger partial charge is 0.380 e. The molecule has 0 spiro atoms. The monoisotopic (exact) mass is 271 g/mol. The first-order valence-corrected chi connectivity index (χ1v) is 7.23. The third kappa shape index (κ3) is 4.33. The van der Waals surface area contributed by atoms with Crippen LogP contribution in [0.25, 0.3) is 0 Å². The lowest BCUT2D eigenvalue weighted by Gasteiger charge is -2.38. The quantitative estimate of drug-likeness (QED) is 0.680. The Morgan fingerprint density at radius 3 is 2.32 bits per heavy atom. The smallest absolute Gasteiger partial charge is 0.320 e. The minimum absolute atomic E-state index is 0.174. The molecule has 0 radical (unpaired) electrons. The van der Waals surface area contributed by atoms with Gasteiger partial charge in [0.1, 0.15) is 0 Å². The Labute approximate surface area is 115 Å². The summed E-state index contributed by atoms with van der Waals surface area (Å²) in [6, 6.07) is 0.174. The summed E-state index contributed by atoms with van der Waals surface area (Å²) in [5, 5.41) is 0. The van der Waals surface area contributed by atoms with Crippen LogP contribution < -0.4 is 0 Å². The van der Waals surface area contributed by atoms with Crippen LogP contribution in [0.2, 0.25) is 0 Å². The van der Waals surface area contributed by atoms with Crippen molar-refractivity contribution in [3.8, 4) is 0 Å². The molecular weight excluding hydrogens is 246 g/mol. The topological polar surface area (TPSA) is 45.2 Å². The Bertz CT molecular complexity index is 274. The molecule has 2 heterocycles. The van der Waals surface area contributed by atoms with Crippen molar-refractivity contribution in [2.45, 2.75) is 6.92 Å². The average molecular weight is 271 g/mol. The molecule has 2 saturated heterocycles. The summed E-state index contributed by atoms with van der Waals surface area (Å²) in [5.74, 6) is 0. The molecule has 0 unspecified atom stereocenters. The van der Waals surface area contributed by atoms with Crippen molar-refractivity contribution in [3.63, 3.8) is 0 Å². The van der Waals surface area contributed by atoms with Crippen molar-refractivity contribution in [3.05, 3.63) is 0 Å². The van der Waals surface area contributed by atoms with Gasteiger partial charge in [0.2, 0.25) is 0 Å². The number of hydrogen-bond donors (Lipinski definition) is 0. The maximum atomic E-state index is 12.3. The molecule has 0 atom stereocenters. The van der Waals surface area contributed by atoms with E-state index in [0.717, 1.165) is 59.0 Å². The Hall–Kier alpha value is -0.850. The number of ether oxygens (including phenoxy) is 2. The summed E-state index contributed by atoms with van der Waals surface area (Å²) in [6.45, 7) is 10.9. The fraction of sp³-hybridized carbons (Fsp3) is 0.923. The molecule has 2 aliphatic rings. The second-order valence-corrected chi connectivity index (χ2v) is 4.91. The number of rotatable bonds is 4. The Morgan fingerprint density at radius 1 is 1.05 bits per heavy atom. The number of hydrogen-bond acceptors (Lipinski definition) is 4. The predicted molar refractivity (Wildman–Crippen MR) is 72.3 cm³/mol. The van der Waals surface area contributed by atoms with Crippen molar-refractivity contribution in [1.82, 2.24) is 14.7 Å². The standard InChI is InChI=1S/C13H25N3O3/c1-2-18-10-7-14-3-5-15(6-4-14)13(17)16-8-11-19-12-9-16/h2-12H2,1H3. The second kappa shape index (κ2) is 7.67. The highest BCUT2D eigenvalue weighted by Crippen LogP contribution is 2.07. The van der Waals surface area contributed by atoms with Crippen molar-refractivity contribution in [2.75, 3.05) is 72.2 Å². The van der Waals surface area contributed by atoms with E-state index in [-0.39, 0.29) is 6.03 Å². The van der Waals surface area contributed by atoms with Gasteiger partial charge in [-0.1, -0.05) is 0 Å². The van der Waals surface area contributed by atoms with Crippen LogP contribution in [-0.2, 0) is 9.47 Å². The van der Waals surface area contributed by atoms with E-state index in [4.69, 9.17) is 9.47 Å². The van der Waals surface area contributed by atoms with Crippen LogP contribution in [0.4, 0.5) is 4.79 Å². The first-order chi connectivity index (χ1) is 9.31. The number of piperazine rings is 1. The van der Waals surface area contributed by atoms with E-state index >= 15 is 0 Å². The number of morpholine rings is 1.